The summed E-state index contributed by atoms with van der Waals surface area (Å²) in [5, 5.41) is 3.27. The summed E-state index contributed by atoms with van der Waals surface area (Å²) in [7, 11) is 0. The Hall–Kier alpha value is -2.18. The second-order valence-electron chi connectivity index (χ2n) is 3.78. The summed E-state index contributed by atoms with van der Waals surface area (Å²) < 4.78 is 0. The third-order valence-corrected chi connectivity index (χ3v) is 2.77. The van der Waals surface area contributed by atoms with Gasteiger partial charge in [-0.05, 0) is 48.6 Å². The van der Waals surface area contributed by atoms with Crippen LogP contribution in [0.2, 0.25) is 5.02 Å². The van der Waals surface area contributed by atoms with Crippen molar-refractivity contribution >= 4 is 40.5 Å². The number of amides is 1. The molecule has 5 nitrogen and oxygen atoms in total. The summed E-state index contributed by atoms with van der Waals surface area (Å²) in [6.45, 7) is 0. The summed E-state index contributed by atoms with van der Waals surface area (Å²) >= 11 is 10.8. The van der Waals surface area contributed by atoms with Crippen LogP contribution in [0.5, 0.6) is 0 Å². The van der Waals surface area contributed by atoms with E-state index in [1.165, 1.54) is 0 Å². The van der Waals surface area contributed by atoms with E-state index in [4.69, 9.17) is 23.8 Å². The van der Waals surface area contributed by atoms with Gasteiger partial charge >= 0.3 is 0 Å². The maximum Gasteiger partial charge on any atom is 0.257 e. The van der Waals surface area contributed by atoms with E-state index < -0.39 is 0 Å². The zero-order valence-corrected chi connectivity index (χ0v) is 11.8. The fourth-order valence-electron chi connectivity index (χ4n) is 1.37. The van der Waals surface area contributed by atoms with Crippen LogP contribution in [-0.4, -0.2) is 16.0 Å². The molecular formula is C13H11ClN4OS. The monoisotopic (exact) mass is 306 g/mol. The largest absolute Gasteiger partial charge is 0.298 e. The number of carbonyl (C=O) groups is 1. The van der Waals surface area contributed by atoms with Gasteiger partial charge in [0.05, 0.1) is 11.9 Å². The van der Waals surface area contributed by atoms with E-state index in [0.29, 0.717) is 10.6 Å². The number of nitrogens with zero attached hydrogens (tertiary/aromatic N) is 1. The Morgan fingerprint density at radius 2 is 1.95 bits per heavy atom. The minimum absolute atomic E-state index is 0.161. The second-order valence-corrected chi connectivity index (χ2v) is 4.63. The number of hydrogen-bond donors (Lipinski definition) is 3. The molecule has 0 aliphatic carbocycles. The highest BCUT2D eigenvalue weighted by atomic mass is 35.5. The van der Waals surface area contributed by atoms with Crippen LogP contribution in [0, 0.1) is 0 Å². The van der Waals surface area contributed by atoms with E-state index in [1.54, 1.807) is 42.7 Å². The number of rotatable bonds is 3. The van der Waals surface area contributed by atoms with E-state index >= 15 is 0 Å². The predicted octanol–water partition coefficient (Wildman–Crippen LogP) is 2.37. The number of benzene rings is 1. The van der Waals surface area contributed by atoms with Crippen LogP contribution in [0.1, 0.15) is 10.4 Å². The maximum absolute atomic E-state index is 11.9. The van der Waals surface area contributed by atoms with Gasteiger partial charge in [-0.2, -0.15) is 0 Å². The highest BCUT2D eigenvalue weighted by molar-refractivity contribution is 7.80. The number of nitrogens with one attached hydrogen (secondary N) is 3. The number of hydrogen-bond acceptors (Lipinski definition) is 4. The number of pyridine rings is 1. The lowest BCUT2D eigenvalue weighted by Crippen LogP contribution is -2.41. The van der Waals surface area contributed by atoms with Crippen molar-refractivity contribution in [1.82, 2.24) is 15.7 Å². The molecule has 3 N–H and O–H groups in total. The van der Waals surface area contributed by atoms with E-state index in [1.807, 2.05) is 6.07 Å². The van der Waals surface area contributed by atoms with Gasteiger partial charge in [0.25, 0.3) is 5.91 Å². The first-order chi connectivity index (χ1) is 9.65. The summed E-state index contributed by atoms with van der Waals surface area (Å²) in [4.78, 5) is 15.8. The third-order valence-electron chi connectivity index (χ3n) is 2.32. The van der Waals surface area contributed by atoms with Gasteiger partial charge in [0.1, 0.15) is 0 Å². The Labute approximate surface area is 126 Å². The van der Waals surface area contributed by atoms with Gasteiger partial charge in [-0.25, -0.2) is 0 Å². The highest BCUT2D eigenvalue weighted by Crippen LogP contribution is 2.09. The molecule has 2 aromatic rings. The Kier molecular flexibility index (Phi) is 4.86. The van der Waals surface area contributed by atoms with Crippen molar-refractivity contribution in [2.45, 2.75) is 0 Å². The first-order valence-electron chi connectivity index (χ1n) is 5.68. The Morgan fingerprint density at radius 3 is 2.60 bits per heavy atom. The van der Waals surface area contributed by atoms with Crippen molar-refractivity contribution in [1.29, 1.82) is 0 Å². The average Bonchev–Trinajstić information content (AvgIpc) is 2.47. The summed E-state index contributed by atoms with van der Waals surface area (Å²) in [6, 6.07) is 10.1. The molecule has 1 heterocycles. The summed E-state index contributed by atoms with van der Waals surface area (Å²) in [5.41, 5.74) is 6.72. The minimum atomic E-state index is -0.313. The van der Waals surface area contributed by atoms with Crippen LogP contribution >= 0.6 is 23.8 Å². The minimum Gasteiger partial charge on any atom is -0.298 e. The molecular weight excluding hydrogens is 296 g/mol. The number of halogens is 1. The molecule has 20 heavy (non-hydrogen) atoms. The molecule has 0 saturated carbocycles. The smallest absolute Gasteiger partial charge is 0.257 e. The Balaban J connectivity index is 1.85. The number of carbonyl (C=O) groups excluding carboxylic acids is 1. The SMILES string of the molecule is O=C(NC(=S)NNc1cccnc1)c1ccc(Cl)cc1. The van der Waals surface area contributed by atoms with Gasteiger partial charge in [-0.1, -0.05) is 11.6 Å². The molecule has 0 bridgehead atoms. The predicted molar refractivity (Wildman–Crippen MR) is 82.5 cm³/mol. The lowest BCUT2D eigenvalue weighted by atomic mass is 10.2. The molecule has 7 heteroatoms. The van der Waals surface area contributed by atoms with E-state index in [9.17, 15) is 4.79 Å². The van der Waals surface area contributed by atoms with Gasteiger partial charge in [-0.15, -0.1) is 0 Å². The van der Waals surface area contributed by atoms with Gasteiger partial charge in [0.15, 0.2) is 5.11 Å². The van der Waals surface area contributed by atoms with Gasteiger partial charge in [-0.3, -0.25) is 25.9 Å². The number of aromatic nitrogens is 1. The molecule has 0 aliphatic heterocycles. The first-order valence-corrected chi connectivity index (χ1v) is 6.47. The standard InChI is InChI=1S/C13H11ClN4OS/c14-10-5-3-9(4-6-10)12(19)16-13(20)18-17-11-2-1-7-15-8-11/h1-8,17H,(H2,16,18,19,20). The van der Waals surface area contributed by atoms with E-state index in [2.05, 4.69) is 21.2 Å². The Bertz CT molecular complexity index is 604. The van der Waals surface area contributed by atoms with Crippen molar-refractivity contribution in [3.63, 3.8) is 0 Å². The zero-order valence-electron chi connectivity index (χ0n) is 10.3. The molecule has 2 rings (SSSR count). The van der Waals surface area contributed by atoms with E-state index in [0.717, 1.165) is 5.69 Å². The quantitative estimate of drug-likeness (QED) is 0.600. The molecule has 1 amide bonds. The molecule has 1 aromatic carbocycles. The van der Waals surface area contributed by atoms with Crippen molar-refractivity contribution in [3.05, 3.63) is 59.4 Å². The van der Waals surface area contributed by atoms with Crippen molar-refractivity contribution in [3.8, 4) is 0 Å². The molecule has 0 unspecified atom stereocenters. The number of thiocarbonyl (C=S) groups is 1. The molecule has 0 radical (unpaired) electrons. The van der Waals surface area contributed by atoms with Gasteiger partial charge in [0.2, 0.25) is 0 Å². The first kappa shape index (κ1) is 14.2. The molecule has 102 valence electrons. The second kappa shape index (κ2) is 6.83. The molecule has 0 spiro atoms. The molecule has 0 aliphatic rings. The topological polar surface area (TPSA) is 66.1 Å². The number of hydrazine groups is 1. The maximum atomic E-state index is 11.9. The molecule has 1 aromatic heterocycles. The van der Waals surface area contributed by atoms with Crippen molar-refractivity contribution in [2.24, 2.45) is 0 Å². The van der Waals surface area contributed by atoms with Crippen molar-refractivity contribution < 1.29 is 4.79 Å². The fourth-order valence-corrected chi connectivity index (χ4v) is 1.64. The van der Waals surface area contributed by atoms with Crippen LogP contribution in [-0.2, 0) is 0 Å². The fraction of sp³-hybridized carbons (Fsp3) is 0. The van der Waals surface area contributed by atoms with Crippen LogP contribution < -0.4 is 16.2 Å². The lowest BCUT2D eigenvalue weighted by molar-refractivity contribution is 0.0977. The summed E-state index contributed by atoms with van der Waals surface area (Å²) in [5.74, 6) is -0.313. The average molecular weight is 307 g/mol. The van der Waals surface area contributed by atoms with E-state index in [-0.39, 0.29) is 11.0 Å². The molecule has 0 saturated heterocycles. The zero-order chi connectivity index (χ0) is 14.4. The highest BCUT2D eigenvalue weighted by Gasteiger charge is 2.07. The van der Waals surface area contributed by atoms with Crippen LogP contribution in [0.15, 0.2) is 48.8 Å². The van der Waals surface area contributed by atoms with Crippen LogP contribution in [0.4, 0.5) is 5.69 Å². The van der Waals surface area contributed by atoms with Crippen LogP contribution in [0.25, 0.3) is 0 Å². The normalized spacial score (nSPS) is 9.65. The molecule has 0 atom stereocenters. The molecule has 0 fully saturated rings. The lowest BCUT2D eigenvalue weighted by Gasteiger charge is -2.11. The third kappa shape index (κ3) is 4.18. The summed E-state index contributed by atoms with van der Waals surface area (Å²) in [6.07, 6.45) is 3.28. The number of anilines is 1. The van der Waals surface area contributed by atoms with Gasteiger partial charge in [0, 0.05) is 16.8 Å². The van der Waals surface area contributed by atoms with Crippen molar-refractivity contribution in [2.75, 3.05) is 5.43 Å². The van der Waals surface area contributed by atoms with Crippen LogP contribution in [0.3, 0.4) is 0 Å². The van der Waals surface area contributed by atoms with Gasteiger partial charge < -0.3 is 0 Å². The Morgan fingerprint density at radius 1 is 1.20 bits per heavy atom.